The molecule has 0 unspecified atom stereocenters. The minimum absolute atomic E-state index is 0.278. The summed E-state index contributed by atoms with van der Waals surface area (Å²) >= 11 is 0. The molecule has 0 aromatic carbocycles. The molecule has 0 saturated carbocycles. The fraction of sp³-hybridized carbons (Fsp3) is 0.848. The number of unbranched alkanes of at least 4 members (excludes halogenated alkanes) is 11. The second-order valence-corrected chi connectivity index (χ2v) is 27.4. The number of hydrogen-bond donors (Lipinski definition) is 20. The number of rotatable bonds is 45. The van der Waals surface area contributed by atoms with Crippen LogP contribution in [-0.4, -0.2) is 352 Å². The second-order valence-electron chi connectivity index (χ2n) is 27.4. The Balaban J connectivity index is 1.39. The SMILES string of the molecule is CCCCCCCCCCCCC/C=C/[C@@H](O)[C@H](CO[C@@H]1O[C@H](CO)[C@@H](O[C@@H]2O[C@H](CO)[C@H](O)[C@H](O[C@]3(C(=O)[O-])C[C@H](O)[C@@H](NC(C)=O)[C@H]([C@H](O)[C@@H](CO)O[C@]4(C(=O)[O-])C[C@H](O)[C@@H](NC(C)=O)[C@H]([C@H](O)[C@@H](CO)O[C@]5(C(=O)[O-])C[C@H](O)[C@@H](NC(C)=O)[C@H]([C@H](O)[C@@H](CO)OC(C)=O)O5)O4)O3)[C@H]2O)[C@H](O)[C@H]1O)NC=O. The summed E-state index contributed by atoms with van der Waals surface area (Å²) in [4.78, 5) is 102. The Morgan fingerprint density at radius 2 is 0.926 bits per heavy atom. The van der Waals surface area contributed by atoms with Gasteiger partial charge in [0.1, 0.15) is 116 Å². The van der Waals surface area contributed by atoms with E-state index in [0.29, 0.717) is 6.42 Å². The van der Waals surface area contributed by atoms with Gasteiger partial charge in [-0.15, -0.1) is 0 Å². The molecular weight excluding hydrogens is 1460 g/mol. The van der Waals surface area contributed by atoms with Crippen molar-refractivity contribution in [3.63, 3.8) is 0 Å². The highest BCUT2D eigenvalue weighted by atomic mass is 16.8. The van der Waals surface area contributed by atoms with Gasteiger partial charge in [-0.1, -0.05) is 83.3 Å². The van der Waals surface area contributed by atoms with Crippen molar-refractivity contribution in [3.05, 3.63) is 12.2 Å². The minimum atomic E-state index is -3.72. The maximum absolute atomic E-state index is 13.6. The topological polar surface area (TPSA) is 679 Å². The first-order valence-electron chi connectivity index (χ1n) is 35.7. The van der Waals surface area contributed by atoms with Crippen molar-refractivity contribution in [2.24, 2.45) is 0 Å². The van der Waals surface area contributed by atoms with E-state index in [2.05, 4.69) is 28.2 Å². The molecule has 622 valence electrons. The van der Waals surface area contributed by atoms with Gasteiger partial charge in [0, 0.05) is 47.0 Å². The molecule has 5 aliphatic rings. The predicted molar refractivity (Wildman–Crippen MR) is 348 cm³/mol. The molecular formula is C66H107N4O38-3. The van der Waals surface area contributed by atoms with Gasteiger partial charge in [0.05, 0.1) is 88.2 Å². The van der Waals surface area contributed by atoms with E-state index in [9.17, 15) is 135 Å². The van der Waals surface area contributed by atoms with Crippen molar-refractivity contribution in [2.45, 2.75) is 313 Å². The molecule has 20 N–H and O–H groups in total. The van der Waals surface area contributed by atoms with Crippen molar-refractivity contribution < 1.29 is 187 Å². The summed E-state index contributed by atoms with van der Waals surface area (Å²) in [7, 11) is 0. The molecule has 42 nitrogen and oxygen atoms in total. The Bertz CT molecular complexity index is 2870. The molecule has 30 atom stereocenters. The number of aliphatic hydroxyl groups excluding tert-OH is 16. The van der Waals surface area contributed by atoms with Crippen LogP contribution in [0, 0.1) is 0 Å². The van der Waals surface area contributed by atoms with Gasteiger partial charge in [-0.05, 0) is 12.8 Å². The molecule has 5 fully saturated rings. The van der Waals surface area contributed by atoms with Gasteiger partial charge in [-0.25, -0.2) is 0 Å². The fourth-order valence-electron chi connectivity index (χ4n) is 13.6. The molecule has 5 rings (SSSR count). The summed E-state index contributed by atoms with van der Waals surface area (Å²) in [6.07, 6.45) is -40.7. The van der Waals surface area contributed by atoms with Gasteiger partial charge in [-0.3, -0.25) is 24.0 Å². The van der Waals surface area contributed by atoms with Gasteiger partial charge in [-0.2, -0.15) is 0 Å². The van der Waals surface area contributed by atoms with E-state index < -0.39 is 283 Å². The summed E-state index contributed by atoms with van der Waals surface area (Å²) in [6.45, 7) is -1.79. The highest BCUT2D eigenvalue weighted by Gasteiger charge is 2.62. The average Bonchev–Trinajstić information content (AvgIpc) is 0.753. The molecule has 0 radical (unpaired) electrons. The first-order chi connectivity index (χ1) is 51.0. The zero-order valence-corrected chi connectivity index (χ0v) is 60.3. The number of ether oxygens (including phenoxy) is 11. The van der Waals surface area contributed by atoms with Crippen LogP contribution >= 0.6 is 0 Å². The van der Waals surface area contributed by atoms with E-state index in [0.717, 1.165) is 59.8 Å². The smallest absolute Gasteiger partial charge is 0.303 e. The standard InChI is InChI=1S/C66H110N4O38/c1-6-7-8-9-10-11-12-13-14-15-16-17-18-19-35(81)34(67-29-76)28-98-59-52(90)51(89)54(43(27-75)101-59)102-60-53(91)58(48(86)40(24-72)100-60)108-66(63(96)97)22-38(84)46(70-32(4)79)57(107-66)50(88)42(26-74)104-65(62(94)95)21-37(83)45(69-31(3)78)56(106-65)49(87)41(25-73)103-64(61(92)93)20-36(82)44(68-30(2)77)55(105-64)47(85)39(23-71)99-33(5)80/h18-19,29,34-60,71-75,81-91H,6-17,20-28H2,1-5H3,(H,67,76)(H,68,77)(H,69,78)(H,70,79)(H,92,93)(H,94,95)(H,96,97)/p-3/b19-18+/t34-,35+,36-,37-,38-,39+,40+,41+,42+,43+,44+,45+,46+,47+,48-,49+,50+,51+,52+,53+,54+,55+,56+,57+,58-,59+,60-,64+,65+,66-/m0/s1. The first-order valence-corrected chi connectivity index (χ1v) is 35.7. The maximum atomic E-state index is 13.6. The third-order valence-electron chi connectivity index (χ3n) is 19.2. The van der Waals surface area contributed by atoms with E-state index >= 15 is 0 Å². The van der Waals surface area contributed by atoms with Gasteiger partial charge in [0.15, 0.2) is 18.7 Å². The second kappa shape index (κ2) is 43.5. The van der Waals surface area contributed by atoms with E-state index in [1.165, 1.54) is 44.6 Å². The van der Waals surface area contributed by atoms with Crippen LogP contribution in [0.5, 0.6) is 0 Å². The monoisotopic (exact) mass is 1560 g/mol. The fourth-order valence-corrected chi connectivity index (χ4v) is 13.6. The zero-order valence-electron chi connectivity index (χ0n) is 60.3. The number of carboxylic acid groups (broad SMARTS) is 3. The molecule has 0 spiro atoms. The van der Waals surface area contributed by atoms with Crippen molar-refractivity contribution in [2.75, 3.05) is 39.6 Å². The van der Waals surface area contributed by atoms with Crippen LogP contribution in [-0.2, 0) is 90.5 Å². The lowest BCUT2D eigenvalue weighted by molar-refractivity contribution is -0.416. The Morgan fingerprint density at radius 1 is 0.519 bits per heavy atom. The number of aliphatic hydroxyl groups is 16. The number of hydrogen-bond acceptors (Lipinski definition) is 38. The highest BCUT2D eigenvalue weighted by molar-refractivity contribution is 5.77. The molecule has 42 heteroatoms. The highest BCUT2D eigenvalue weighted by Crippen LogP contribution is 2.42. The Kier molecular flexibility index (Phi) is 37.5. The molecule has 0 aliphatic carbocycles. The summed E-state index contributed by atoms with van der Waals surface area (Å²) in [6, 6.07) is -7.23. The number of esters is 1. The van der Waals surface area contributed by atoms with Gasteiger partial charge in [0.25, 0.3) is 0 Å². The number of allylic oxidation sites excluding steroid dienone is 1. The minimum Gasteiger partial charge on any atom is -0.544 e. The normalized spacial score (nSPS) is 35.4. The molecule has 5 saturated heterocycles. The summed E-state index contributed by atoms with van der Waals surface area (Å²) < 4.78 is 61.8. The number of aliphatic carboxylic acids is 3. The van der Waals surface area contributed by atoms with Crippen LogP contribution in [0.15, 0.2) is 12.2 Å². The van der Waals surface area contributed by atoms with E-state index in [4.69, 9.17) is 52.1 Å². The number of carbonyl (C=O) groups is 8. The number of amides is 4. The van der Waals surface area contributed by atoms with Crippen LogP contribution in [0.4, 0.5) is 0 Å². The Hall–Kier alpha value is -5.54. The summed E-state index contributed by atoms with van der Waals surface area (Å²) in [5.41, 5.74) is 0. The zero-order chi connectivity index (χ0) is 80.7. The van der Waals surface area contributed by atoms with Crippen LogP contribution in [0.1, 0.15) is 131 Å². The van der Waals surface area contributed by atoms with E-state index in [1.54, 1.807) is 6.08 Å². The first kappa shape index (κ1) is 93.1. The van der Waals surface area contributed by atoms with Crippen LogP contribution < -0.4 is 36.6 Å². The van der Waals surface area contributed by atoms with E-state index in [1.807, 2.05) is 0 Å². The maximum Gasteiger partial charge on any atom is 0.303 e. The molecule has 5 aliphatic heterocycles. The molecule has 5 heterocycles. The molecule has 0 aromatic heterocycles. The molecule has 0 bridgehead atoms. The van der Waals surface area contributed by atoms with Gasteiger partial charge >= 0.3 is 5.97 Å². The molecule has 0 aromatic rings. The molecule has 4 amide bonds. The lowest BCUT2D eigenvalue weighted by Gasteiger charge is -2.53. The quantitative estimate of drug-likeness (QED) is 0.0116. The van der Waals surface area contributed by atoms with E-state index in [-0.39, 0.29) is 6.41 Å². The summed E-state index contributed by atoms with van der Waals surface area (Å²) in [5, 5.41) is 230. The van der Waals surface area contributed by atoms with Gasteiger partial charge < -0.3 is 185 Å². The van der Waals surface area contributed by atoms with Gasteiger partial charge in [0.2, 0.25) is 41.5 Å². The van der Waals surface area contributed by atoms with Crippen molar-refractivity contribution in [1.29, 1.82) is 0 Å². The largest absolute Gasteiger partial charge is 0.544 e. The van der Waals surface area contributed by atoms with Crippen molar-refractivity contribution in [1.82, 2.24) is 21.3 Å². The third kappa shape index (κ3) is 24.2. The number of nitrogens with one attached hydrogen (secondary N) is 4. The number of carboxylic acids is 3. The number of carbonyl (C=O) groups excluding carboxylic acids is 8. The van der Waals surface area contributed by atoms with Crippen molar-refractivity contribution in [3.8, 4) is 0 Å². The third-order valence-corrected chi connectivity index (χ3v) is 19.2. The Morgan fingerprint density at radius 3 is 1.32 bits per heavy atom. The van der Waals surface area contributed by atoms with Crippen LogP contribution in [0.25, 0.3) is 0 Å². The van der Waals surface area contributed by atoms with Crippen LogP contribution in [0.3, 0.4) is 0 Å². The summed E-state index contributed by atoms with van der Waals surface area (Å²) in [5.74, 6) is -22.7. The lowest BCUT2D eigenvalue weighted by atomic mass is 9.86. The predicted octanol–water partition coefficient (Wildman–Crippen LogP) is -12.6. The van der Waals surface area contributed by atoms with Crippen molar-refractivity contribution >= 4 is 48.0 Å². The lowest BCUT2D eigenvalue weighted by Crippen LogP contribution is -2.73. The van der Waals surface area contributed by atoms with Crippen LogP contribution in [0.2, 0.25) is 0 Å². The Labute approximate surface area is 620 Å². The average molecular weight is 1560 g/mol. The molecule has 108 heavy (non-hydrogen) atoms.